The molecule has 1 aromatic heterocycles. The van der Waals surface area contributed by atoms with Gasteiger partial charge in [0.2, 0.25) is 5.91 Å². The normalized spacial score (nSPS) is 16.8. The van der Waals surface area contributed by atoms with E-state index < -0.39 is 17.9 Å². The molecule has 0 spiro atoms. The van der Waals surface area contributed by atoms with Crippen LogP contribution in [0, 0.1) is 0 Å². The summed E-state index contributed by atoms with van der Waals surface area (Å²) in [6.07, 6.45) is 3.18. The lowest BCUT2D eigenvalue weighted by Crippen LogP contribution is -2.56. The predicted octanol–water partition coefficient (Wildman–Crippen LogP) is 2.94. The molecule has 3 amide bonds. The van der Waals surface area contributed by atoms with Crippen molar-refractivity contribution >= 4 is 23.9 Å². The zero-order valence-electron chi connectivity index (χ0n) is 20.7. The van der Waals surface area contributed by atoms with Crippen molar-refractivity contribution < 1.29 is 29.0 Å². The zero-order valence-corrected chi connectivity index (χ0v) is 20.7. The molecule has 1 aliphatic carbocycles. The number of carbonyl (C=O) groups excluding carboxylic acids is 3. The number of aliphatic carboxylic acids is 1. The van der Waals surface area contributed by atoms with E-state index >= 15 is 0 Å². The van der Waals surface area contributed by atoms with Crippen LogP contribution in [-0.2, 0) is 14.3 Å². The van der Waals surface area contributed by atoms with Crippen LogP contribution in [0.25, 0.3) is 11.3 Å². The number of hydrogen-bond acceptors (Lipinski definition) is 6. The number of carboxylic acid groups (broad SMARTS) is 1. The third-order valence-electron chi connectivity index (χ3n) is 6.72. The summed E-state index contributed by atoms with van der Waals surface area (Å²) in [6, 6.07) is 13.4. The van der Waals surface area contributed by atoms with Crippen LogP contribution in [0.2, 0.25) is 0 Å². The molecule has 2 aliphatic rings. The topological polar surface area (TPSA) is 129 Å². The minimum absolute atomic E-state index is 0.0308. The van der Waals surface area contributed by atoms with Gasteiger partial charge in [0.1, 0.15) is 17.8 Å². The number of nitrogens with one attached hydrogen (secondary N) is 1. The van der Waals surface area contributed by atoms with Gasteiger partial charge in [-0.2, -0.15) is 0 Å². The standard InChI is InChI=1S/C27H32N4O6/c32-24(33)14-13-23(29-25(34)22-12-6-11-21(28-22)19-7-2-1-3-8-19)26(35)30-15-17-31(18-16-30)27(36)37-20-9-4-5-10-20/h1-3,6-8,11-12,20,23H,4-5,9-10,13-18H2,(H,29,34)(H,32,33)/t23-/m0/s1. The Morgan fingerprint density at radius 2 is 1.62 bits per heavy atom. The van der Waals surface area contributed by atoms with Crippen molar-refractivity contribution in [3.63, 3.8) is 0 Å². The molecule has 196 valence electrons. The molecule has 37 heavy (non-hydrogen) atoms. The lowest BCUT2D eigenvalue weighted by Gasteiger charge is -2.36. The van der Waals surface area contributed by atoms with Crippen LogP contribution in [0.3, 0.4) is 0 Å². The van der Waals surface area contributed by atoms with Crippen molar-refractivity contribution in [3.8, 4) is 11.3 Å². The molecule has 2 N–H and O–H groups in total. The van der Waals surface area contributed by atoms with Gasteiger partial charge in [0.05, 0.1) is 5.69 Å². The van der Waals surface area contributed by atoms with Gasteiger partial charge in [0, 0.05) is 38.2 Å². The monoisotopic (exact) mass is 508 g/mol. The Bertz CT molecular complexity index is 1110. The Hall–Kier alpha value is -3.95. The van der Waals surface area contributed by atoms with Crippen LogP contribution < -0.4 is 5.32 Å². The first-order valence-corrected chi connectivity index (χ1v) is 12.7. The highest BCUT2D eigenvalue weighted by atomic mass is 16.6. The van der Waals surface area contributed by atoms with Crippen LogP contribution >= 0.6 is 0 Å². The van der Waals surface area contributed by atoms with Gasteiger partial charge < -0.3 is 25.0 Å². The molecule has 4 rings (SSSR count). The van der Waals surface area contributed by atoms with Gasteiger partial charge in [-0.25, -0.2) is 9.78 Å². The summed E-state index contributed by atoms with van der Waals surface area (Å²) in [5, 5.41) is 11.9. The van der Waals surface area contributed by atoms with Crippen molar-refractivity contribution in [2.75, 3.05) is 26.2 Å². The highest BCUT2D eigenvalue weighted by Gasteiger charge is 2.32. The number of ether oxygens (including phenoxy) is 1. The third-order valence-corrected chi connectivity index (χ3v) is 6.72. The number of pyridine rings is 1. The third kappa shape index (κ3) is 7.05. The average Bonchev–Trinajstić information content (AvgIpc) is 3.44. The summed E-state index contributed by atoms with van der Waals surface area (Å²) < 4.78 is 5.56. The molecule has 1 saturated carbocycles. The fraction of sp³-hybridized carbons (Fsp3) is 0.444. The van der Waals surface area contributed by atoms with Crippen molar-refractivity contribution in [2.45, 2.75) is 50.7 Å². The highest BCUT2D eigenvalue weighted by Crippen LogP contribution is 2.22. The van der Waals surface area contributed by atoms with E-state index in [4.69, 9.17) is 4.74 Å². The number of piperazine rings is 1. The highest BCUT2D eigenvalue weighted by molar-refractivity contribution is 5.96. The van der Waals surface area contributed by atoms with Gasteiger partial charge >= 0.3 is 12.1 Å². The molecule has 0 bridgehead atoms. The van der Waals surface area contributed by atoms with E-state index in [1.54, 1.807) is 28.0 Å². The maximum absolute atomic E-state index is 13.3. The predicted molar refractivity (Wildman–Crippen MR) is 135 cm³/mol. The summed E-state index contributed by atoms with van der Waals surface area (Å²) >= 11 is 0. The van der Waals surface area contributed by atoms with Gasteiger partial charge in [0.15, 0.2) is 0 Å². The molecule has 10 heteroatoms. The lowest BCUT2D eigenvalue weighted by atomic mass is 10.1. The quantitative estimate of drug-likeness (QED) is 0.561. The number of carboxylic acids is 1. The molecule has 1 aliphatic heterocycles. The summed E-state index contributed by atoms with van der Waals surface area (Å²) in [5.41, 5.74) is 1.59. The number of hydrogen-bond donors (Lipinski definition) is 2. The Balaban J connectivity index is 1.38. The minimum atomic E-state index is -1.06. The van der Waals surface area contributed by atoms with E-state index in [0.717, 1.165) is 31.2 Å². The second-order valence-corrected chi connectivity index (χ2v) is 9.34. The first-order valence-electron chi connectivity index (χ1n) is 12.7. The van der Waals surface area contributed by atoms with E-state index in [0.29, 0.717) is 18.8 Å². The van der Waals surface area contributed by atoms with Gasteiger partial charge in [-0.05, 0) is 44.2 Å². The van der Waals surface area contributed by atoms with E-state index in [2.05, 4.69) is 10.3 Å². The fourth-order valence-electron chi connectivity index (χ4n) is 4.64. The maximum Gasteiger partial charge on any atom is 0.410 e. The fourth-order valence-corrected chi connectivity index (χ4v) is 4.64. The molecule has 1 aromatic carbocycles. The van der Waals surface area contributed by atoms with Crippen LogP contribution in [0.1, 0.15) is 49.0 Å². The molecule has 2 aromatic rings. The van der Waals surface area contributed by atoms with Crippen molar-refractivity contribution in [2.24, 2.45) is 0 Å². The summed E-state index contributed by atoms with van der Waals surface area (Å²) in [7, 11) is 0. The Labute approximate surface area is 215 Å². The van der Waals surface area contributed by atoms with Gasteiger partial charge in [-0.3, -0.25) is 14.4 Å². The first-order chi connectivity index (χ1) is 17.9. The van der Waals surface area contributed by atoms with Crippen LogP contribution in [0.15, 0.2) is 48.5 Å². The number of amides is 3. The molecule has 2 heterocycles. The summed E-state index contributed by atoms with van der Waals surface area (Å²) in [6.45, 7) is 1.19. The number of benzene rings is 1. The molecule has 2 fully saturated rings. The molecular formula is C27H32N4O6. The second-order valence-electron chi connectivity index (χ2n) is 9.34. The molecule has 1 atom stereocenters. The molecule has 0 radical (unpaired) electrons. The number of nitrogens with zero attached hydrogens (tertiary/aromatic N) is 3. The average molecular weight is 509 g/mol. The van der Waals surface area contributed by atoms with E-state index in [1.807, 2.05) is 30.3 Å². The maximum atomic E-state index is 13.3. The van der Waals surface area contributed by atoms with Crippen molar-refractivity contribution in [1.29, 1.82) is 0 Å². The van der Waals surface area contributed by atoms with Gasteiger partial charge in [0.25, 0.3) is 5.91 Å². The van der Waals surface area contributed by atoms with Gasteiger partial charge in [-0.15, -0.1) is 0 Å². The second kappa shape index (κ2) is 12.3. The van der Waals surface area contributed by atoms with Crippen LogP contribution in [0.4, 0.5) is 4.79 Å². The SMILES string of the molecule is O=C(O)CC[C@H](NC(=O)c1cccc(-c2ccccc2)n1)C(=O)N1CCN(C(=O)OC2CCCC2)CC1. The van der Waals surface area contributed by atoms with E-state index in [9.17, 15) is 24.3 Å². The number of aromatic nitrogens is 1. The number of rotatable bonds is 8. The van der Waals surface area contributed by atoms with Crippen molar-refractivity contribution in [1.82, 2.24) is 20.1 Å². The van der Waals surface area contributed by atoms with Crippen LogP contribution in [0.5, 0.6) is 0 Å². The lowest BCUT2D eigenvalue weighted by molar-refractivity contribution is -0.138. The smallest absolute Gasteiger partial charge is 0.410 e. The largest absolute Gasteiger partial charge is 0.481 e. The molecule has 10 nitrogen and oxygen atoms in total. The van der Waals surface area contributed by atoms with Crippen LogP contribution in [-0.4, -0.2) is 82.1 Å². The first kappa shape index (κ1) is 26.1. The van der Waals surface area contributed by atoms with Crippen molar-refractivity contribution in [3.05, 3.63) is 54.2 Å². The number of carbonyl (C=O) groups is 4. The minimum Gasteiger partial charge on any atom is -0.481 e. The van der Waals surface area contributed by atoms with Gasteiger partial charge in [-0.1, -0.05) is 36.4 Å². The van der Waals surface area contributed by atoms with E-state index in [1.165, 1.54) is 0 Å². The Morgan fingerprint density at radius 3 is 2.30 bits per heavy atom. The Kier molecular flexibility index (Phi) is 8.71. The molecule has 1 saturated heterocycles. The summed E-state index contributed by atoms with van der Waals surface area (Å²) in [4.78, 5) is 57.5. The Morgan fingerprint density at radius 1 is 0.946 bits per heavy atom. The summed E-state index contributed by atoms with van der Waals surface area (Å²) in [5.74, 6) is -1.99. The molecule has 0 unspecified atom stereocenters. The molecular weight excluding hydrogens is 476 g/mol. The van der Waals surface area contributed by atoms with E-state index in [-0.39, 0.29) is 49.7 Å². The zero-order chi connectivity index (χ0) is 26.2.